The van der Waals surface area contributed by atoms with Gasteiger partial charge in [0.15, 0.2) is 35.5 Å². The zero-order valence-corrected chi connectivity index (χ0v) is 50.7. The molecule has 448 valence electrons. The van der Waals surface area contributed by atoms with Gasteiger partial charge in [0.1, 0.15) is 35.8 Å². The number of carbonyl (C=O) groups excluding carboxylic acids is 9. The monoisotopic (exact) mass is 1120 g/mol. The van der Waals surface area contributed by atoms with Crippen molar-refractivity contribution < 1.29 is 76.1 Å². The average Bonchev–Trinajstić information content (AvgIpc) is 3.73. The summed E-state index contributed by atoms with van der Waals surface area (Å²) < 4.78 is 40.2. The number of ether oxygens (including phenoxy) is 3. The first kappa shape index (κ1) is 81.7. The third kappa shape index (κ3) is 53.6. The van der Waals surface area contributed by atoms with E-state index in [1.807, 2.05) is 71.9 Å². The third-order valence-electron chi connectivity index (χ3n) is 9.51. The summed E-state index contributed by atoms with van der Waals surface area (Å²) in [4.78, 5) is 99.5. The van der Waals surface area contributed by atoms with Crippen LogP contribution < -0.4 is 0 Å². The first-order valence-corrected chi connectivity index (χ1v) is 26.3. The number of Topliss-reactive ketones (excluding diaryl/α,β-unsaturated/α-hetero) is 9. The van der Waals surface area contributed by atoms with Gasteiger partial charge in [-0.05, 0) is 145 Å². The highest BCUT2D eigenvalue weighted by Crippen LogP contribution is 2.20. The smallest absolute Gasteiger partial charge is 0.280 e. The van der Waals surface area contributed by atoms with E-state index >= 15 is 0 Å². The molecule has 1 atom stereocenters. The number of aromatic nitrogens is 2. The fourth-order valence-corrected chi connectivity index (χ4v) is 5.53. The fourth-order valence-electron chi connectivity index (χ4n) is 5.53. The average molecular weight is 1120 g/mol. The van der Waals surface area contributed by atoms with Crippen LogP contribution in [0.15, 0.2) is 47.6 Å². The Morgan fingerprint density at radius 2 is 1.16 bits per heavy atom. The Morgan fingerprint density at radius 1 is 0.633 bits per heavy atom. The number of halogens is 2. The molecule has 1 N–H and O–H groups in total. The molecule has 0 radical (unpaired) electrons. The van der Waals surface area contributed by atoms with E-state index in [0.717, 1.165) is 52.6 Å². The summed E-state index contributed by atoms with van der Waals surface area (Å²) in [5.41, 5.74) is 5.39. The Morgan fingerprint density at radius 3 is 1.59 bits per heavy atom. The Bertz CT molecular complexity index is 2180. The van der Waals surface area contributed by atoms with E-state index in [4.69, 9.17) is 14.2 Å². The standard InChI is InChI=1S/C11H14O2.C11H12O2.C8H10F2N2O.C7H14O.3C6H12O2.C5H9NO2/c2*1-7-4-5-8(2)10(6-7)11(13)9(3)12;1-5-3-7(8(9)10)12(11-5)4-6(2)13;1-3-4-5-6-7(2)8;1-6(7)4-3-5-8-2;1-3-8-5-4-6(2)7;1-3-4-8-5-6(2)7;1-3-6-8-4-5(2)7/h4-6,11,13H,1-3H3;4-6H,1-3H3;3,8H,4H2,1-2H3;3-6H2,1-2H3;3*3-5H2,1-2H3;3H,4H2,1-2H3/b;;;;;;;6-3+. The molecule has 3 rings (SSSR count). The molecule has 3 aromatic rings. The van der Waals surface area contributed by atoms with Crippen molar-refractivity contribution in [2.24, 2.45) is 5.16 Å². The molecule has 2 aromatic carbocycles. The highest BCUT2D eigenvalue weighted by atomic mass is 19.3. The van der Waals surface area contributed by atoms with Crippen LogP contribution >= 0.6 is 0 Å². The lowest BCUT2D eigenvalue weighted by atomic mass is 9.99. The molecule has 0 saturated carbocycles. The Hall–Kier alpha value is -6.15. The second-order valence-electron chi connectivity index (χ2n) is 18.1. The maximum absolute atomic E-state index is 12.3. The van der Waals surface area contributed by atoms with Gasteiger partial charge < -0.3 is 33.7 Å². The van der Waals surface area contributed by atoms with Crippen LogP contribution in [0.1, 0.15) is 197 Å². The lowest BCUT2D eigenvalue weighted by Gasteiger charge is -2.11. The normalized spacial score (nSPS) is 10.2. The summed E-state index contributed by atoms with van der Waals surface area (Å²) >= 11 is 0. The minimum Gasteiger partial charge on any atom is -0.388 e. The van der Waals surface area contributed by atoms with Crippen LogP contribution in [-0.2, 0) is 63.9 Å². The molecule has 0 amide bonds. The Kier molecular flexibility index (Phi) is 54.3. The summed E-state index contributed by atoms with van der Waals surface area (Å²) in [6.45, 7) is 31.7. The minimum absolute atomic E-state index is 0.0180. The van der Waals surface area contributed by atoms with Crippen molar-refractivity contribution in [2.75, 3.05) is 46.8 Å². The minimum atomic E-state index is -2.58. The number of benzene rings is 2. The molecule has 19 heteroatoms. The van der Waals surface area contributed by atoms with E-state index in [0.29, 0.717) is 61.9 Å². The number of ketones is 9. The zero-order valence-electron chi connectivity index (χ0n) is 50.7. The summed E-state index contributed by atoms with van der Waals surface area (Å²) in [5.74, 6) is -0.387. The molecule has 0 bridgehead atoms. The van der Waals surface area contributed by atoms with Gasteiger partial charge in [0.05, 0.1) is 18.8 Å². The van der Waals surface area contributed by atoms with Crippen LogP contribution in [0.25, 0.3) is 0 Å². The van der Waals surface area contributed by atoms with Crippen molar-refractivity contribution in [3.63, 3.8) is 0 Å². The van der Waals surface area contributed by atoms with Crippen molar-refractivity contribution in [1.82, 2.24) is 9.78 Å². The van der Waals surface area contributed by atoms with Gasteiger partial charge in [-0.15, -0.1) is 0 Å². The van der Waals surface area contributed by atoms with Gasteiger partial charge >= 0.3 is 0 Å². The van der Waals surface area contributed by atoms with E-state index in [1.165, 1.54) is 59.7 Å². The van der Waals surface area contributed by atoms with Gasteiger partial charge in [-0.3, -0.25) is 38.2 Å². The van der Waals surface area contributed by atoms with Gasteiger partial charge in [-0.2, -0.15) is 5.10 Å². The van der Waals surface area contributed by atoms with E-state index in [-0.39, 0.29) is 60.2 Å². The highest BCUT2D eigenvalue weighted by molar-refractivity contribution is 6.43. The summed E-state index contributed by atoms with van der Waals surface area (Å²) in [6, 6.07) is 12.5. The quantitative estimate of drug-likeness (QED) is 0.0258. The molecule has 0 fully saturated rings. The molecule has 79 heavy (non-hydrogen) atoms. The predicted molar refractivity (Wildman–Crippen MR) is 306 cm³/mol. The number of methoxy groups -OCH3 is 1. The van der Waals surface area contributed by atoms with Crippen LogP contribution in [-0.4, -0.2) is 120 Å². The van der Waals surface area contributed by atoms with Crippen LogP contribution in [0.2, 0.25) is 0 Å². The molecule has 0 spiro atoms. The van der Waals surface area contributed by atoms with Crippen LogP contribution in [0, 0.1) is 34.6 Å². The van der Waals surface area contributed by atoms with Gasteiger partial charge in [0, 0.05) is 64.9 Å². The Labute approximate surface area is 469 Å². The number of rotatable bonds is 26. The van der Waals surface area contributed by atoms with Gasteiger partial charge in [-0.25, -0.2) is 8.78 Å². The Balaban J connectivity index is -0.000000267. The van der Waals surface area contributed by atoms with Crippen LogP contribution in [0.3, 0.4) is 0 Å². The number of aryl methyl sites for hydroxylation is 5. The molecular weight excluding hydrogens is 1020 g/mol. The molecule has 17 nitrogen and oxygen atoms in total. The van der Waals surface area contributed by atoms with Crippen molar-refractivity contribution in [2.45, 2.75) is 188 Å². The number of unbranched alkanes of at least 4 members (excludes halogenated alkanes) is 2. The summed E-state index contributed by atoms with van der Waals surface area (Å²) in [5, 5.41) is 16.7. The predicted octanol–water partition coefficient (Wildman–Crippen LogP) is 11.5. The van der Waals surface area contributed by atoms with Crippen LogP contribution in [0.4, 0.5) is 8.78 Å². The summed E-state index contributed by atoms with van der Waals surface area (Å²) in [7, 11) is 1.64. The van der Waals surface area contributed by atoms with Crippen molar-refractivity contribution in [1.29, 1.82) is 0 Å². The van der Waals surface area contributed by atoms with Crippen LogP contribution in [0.5, 0.6) is 0 Å². The number of nitrogens with zero attached hydrogens (tertiary/aromatic N) is 3. The topological polar surface area (TPSA) is 241 Å². The maximum atomic E-state index is 12.3. The summed E-state index contributed by atoms with van der Waals surface area (Å²) in [6.07, 6.45) is 5.21. The lowest BCUT2D eigenvalue weighted by Crippen LogP contribution is -2.11. The zero-order chi connectivity index (χ0) is 62.1. The molecule has 0 saturated heterocycles. The van der Waals surface area contributed by atoms with Gasteiger partial charge in [-0.1, -0.05) is 73.3 Å². The molecule has 1 heterocycles. The van der Waals surface area contributed by atoms with Crippen molar-refractivity contribution in [3.8, 4) is 0 Å². The largest absolute Gasteiger partial charge is 0.388 e. The van der Waals surface area contributed by atoms with Crippen molar-refractivity contribution in [3.05, 3.63) is 87.2 Å². The van der Waals surface area contributed by atoms with E-state index in [1.54, 1.807) is 47.8 Å². The second-order valence-corrected chi connectivity index (χ2v) is 18.1. The molecule has 0 aliphatic carbocycles. The highest BCUT2D eigenvalue weighted by Gasteiger charge is 2.17. The van der Waals surface area contributed by atoms with Crippen molar-refractivity contribution >= 4 is 58.3 Å². The molecule has 1 aromatic heterocycles. The van der Waals surface area contributed by atoms with Gasteiger partial charge in [0.2, 0.25) is 5.78 Å². The number of carbonyl (C=O) groups is 9. The maximum Gasteiger partial charge on any atom is 0.280 e. The number of hydrogen-bond acceptors (Lipinski definition) is 16. The molecular formula is C60H95F2N3O14. The van der Waals surface area contributed by atoms with Gasteiger partial charge in [0.25, 0.3) is 6.43 Å². The fraction of sp³-hybridized carbons (Fsp3) is 0.583. The third-order valence-corrected chi connectivity index (χ3v) is 9.51. The number of aliphatic hydroxyl groups excluding tert-OH is 1. The second kappa shape index (κ2) is 52.5. The SMILES string of the molecule is C/C=N/OCC(C)=O.CC(=O)C(=O)c1cc(C)ccc1C.CC(=O)C(O)c1cc(C)ccc1C.CC(=O)Cn1nc(C)cc1C(F)F.CCCCCC(C)=O.CCCOCC(C)=O.CCOCCC(C)=O.COCCCC(C)=O. The molecule has 1 unspecified atom stereocenters. The number of hydrogen-bond donors (Lipinski definition) is 1. The molecule has 0 aliphatic rings. The van der Waals surface area contributed by atoms with E-state index < -0.39 is 24.1 Å². The lowest BCUT2D eigenvalue weighted by molar-refractivity contribution is -0.125. The number of aliphatic hydroxyl groups is 1. The first-order valence-electron chi connectivity index (χ1n) is 26.3. The number of alkyl halides is 2. The van der Waals surface area contributed by atoms with E-state index in [2.05, 4.69) is 22.0 Å². The first-order chi connectivity index (χ1) is 36.9. The van der Waals surface area contributed by atoms with E-state index in [9.17, 15) is 57.0 Å². The molecule has 0 aliphatic heterocycles. The number of oxime groups is 1.